The van der Waals surface area contributed by atoms with Crippen molar-refractivity contribution >= 4 is 15.7 Å². The van der Waals surface area contributed by atoms with Gasteiger partial charge in [-0.05, 0) is 19.3 Å². The Morgan fingerprint density at radius 1 is 1.31 bits per heavy atom. The molecular weight excluding hydrogens is 226 g/mol. The van der Waals surface area contributed by atoms with Gasteiger partial charge in [-0.25, -0.2) is 8.42 Å². The van der Waals surface area contributed by atoms with Crippen LogP contribution in [0.3, 0.4) is 0 Å². The Balaban J connectivity index is 2.40. The molecule has 0 atom stereocenters. The van der Waals surface area contributed by atoms with E-state index in [1.165, 1.54) is 6.26 Å². The molecule has 0 spiro atoms. The summed E-state index contributed by atoms with van der Waals surface area (Å²) in [5.74, 6) is 0.175. The molecule has 1 aliphatic heterocycles. The normalized spacial score (nSPS) is 18.8. The summed E-state index contributed by atoms with van der Waals surface area (Å²) in [6.07, 6.45) is 5.01. The molecule has 0 N–H and O–H groups in total. The maximum Gasteiger partial charge on any atom is 0.222 e. The van der Waals surface area contributed by atoms with E-state index in [2.05, 4.69) is 6.92 Å². The minimum atomic E-state index is -2.93. The predicted octanol–water partition coefficient (Wildman–Crippen LogP) is 1.21. The fourth-order valence-electron chi connectivity index (χ4n) is 2.02. The van der Waals surface area contributed by atoms with Gasteiger partial charge in [0.25, 0.3) is 0 Å². The smallest absolute Gasteiger partial charge is 0.222 e. The average Bonchev–Trinajstić information content (AvgIpc) is 2.25. The van der Waals surface area contributed by atoms with Crippen molar-refractivity contribution in [1.29, 1.82) is 0 Å². The van der Waals surface area contributed by atoms with Crippen molar-refractivity contribution in [2.24, 2.45) is 0 Å². The number of likely N-dealkylation sites (tertiary alicyclic amines) is 1. The highest BCUT2D eigenvalue weighted by atomic mass is 32.2. The molecule has 5 heteroatoms. The lowest BCUT2D eigenvalue weighted by Crippen LogP contribution is -2.42. The molecule has 1 heterocycles. The number of carbonyl (C=O) groups excluding carboxylic acids is 1. The van der Waals surface area contributed by atoms with E-state index in [-0.39, 0.29) is 11.2 Å². The van der Waals surface area contributed by atoms with Gasteiger partial charge < -0.3 is 4.90 Å². The Bertz CT molecular complexity index is 329. The lowest BCUT2D eigenvalue weighted by molar-refractivity contribution is -0.132. The lowest BCUT2D eigenvalue weighted by atomic mass is 10.1. The SMILES string of the molecule is CCCCC(=O)N1CCC(S(C)(=O)=O)CC1. The zero-order valence-electron chi connectivity index (χ0n) is 10.1. The topological polar surface area (TPSA) is 54.5 Å². The van der Waals surface area contributed by atoms with E-state index in [1.54, 1.807) is 4.90 Å². The molecule has 0 bridgehead atoms. The van der Waals surface area contributed by atoms with Gasteiger partial charge in [0.1, 0.15) is 9.84 Å². The van der Waals surface area contributed by atoms with Crippen molar-refractivity contribution in [3.63, 3.8) is 0 Å². The second-order valence-corrected chi connectivity index (χ2v) is 6.84. The van der Waals surface area contributed by atoms with Crippen LogP contribution in [0.4, 0.5) is 0 Å². The van der Waals surface area contributed by atoms with E-state index in [9.17, 15) is 13.2 Å². The second-order valence-electron chi connectivity index (χ2n) is 4.51. The summed E-state index contributed by atoms with van der Waals surface area (Å²) < 4.78 is 22.7. The van der Waals surface area contributed by atoms with Crippen LogP contribution in [-0.4, -0.2) is 43.8 Å². The molecule has 0 aromatic heterocycles. The number of amides is 1. The van der Waals surface area contributed by atoms with E-state index in [4.69, 9.17) is 0 Å². The highest BCUT2D eigenvalue weighted by Crippen LogP contribution is 2.18. The molecule has 0 aromatic carbocycles. The standard InChI is InChI=1S/C11H21NO3S/c1-3-4-5-11(13)12-8-6-10(7-9-12)16(2,14)15/h10H,3-9H2,1-2H3. The number of sulfone groups is 1. The molecule has 0 unspecified atom stereocenters. The quantitative estimate of drug-likeness (QED) is 0.750. The van der Waals surface area contributed by atoms with Crippen LogP contribution >= 0.6 is 0 Å². The lowest BCUT2D eigenvalue weighted by Gasteiger charge is -2.31. The van der Waals surface area contributed by atoms with Gasteiger partial charge in [0, 0.05) is 25.8 Å². The molecule has 1 saturated heterocycles. The van der Waals surface area contributed by atoms with E-state index in [0.717, 1.165) is 12.8 Å². The molecule has 1 rings (SSSR count). The first-order chi connectivity index (χ1) is 7.45. The molecule has 1 aliphatic rings. The largest absolute Gasteiger partial charge is 0.343 e. The van der Waals surface area contributed by atoms with Gasteiger partial charge in [0.05, 0.1) is 5.25 Å². The number of rotatable bonds is 4. The van der Waals surface area contributed by atoms with Gasteiger partial charge in [0.2, 0.25) is 5.91 Å². The third kappa shape index (κ3) is 3.77. The first-order valence-corrected chi connectivity index (χ1v) is 7.87. The minimum absolute atomic E-state index is 0.175. The summed E-state index contributed by atoms with van der Waals surface area (Å²) in [6.45, 7) is 3.25. The number of nitrogens with zero attached hydrogens (tertiary/aromatic N) is 1. The number of unbranched alkanes of at least 4 members (excludes halogenated alkanes) is 1. The highest BCUT2D eigenvalue weighted by Gasteiger charge is 2.28. The number of piperidine rings is 1. The summed E-state index contributed by atoms with van der Waals surface area (Å²) in [7, 11) is -2.93. The third-order valence-corrected chi connectivity index (χ3v) is 4.83. The molecule has 0 aromatic rings. The zero-order chi connectivity index (χ0) is 12.2. The fourth-order valence-corrected chi connectivity index (χ4v) is 3.09. The maximum atomic E-state index is 11.7. The highest BCUT2D eigenvalue weighted by molar-refractivity contribution is 7.91. The van der Waals surface area contributed by atoms with Gasteiger partial charge >= 0.3 is 0 Å². The van der Waals surface area contributed by atoms with Crippen LogP contribution in [0.15, 0.2) is 0 Å². The van der Waals surface area contributed by atoms with E-state index in [0.29, 0.717) is 32.4 Å². The van der Waals surface area contributed by atoms with Gasteiger partial charge in [-0.1, -0.05) is 13.3 Å². The molecule has 4 nitrogen and oxygen atoms in total. The Labute approximate surface area is 97.9 Å². The van der Waals surface area contributed by atoms with Gasteiger partial charge in [-0.3, -0.25) is 4.79 Å². The van der Waals surface area contributed by atoms with Crippen LogP contribution in [0.2, 0.25) is 0 Å². The first kappa shape index (κ1) is 13.5. The Hall–Kier alpha value is -0.580. The minimum Gasteiger partial charge on any atom is -0.343 e. The van der Waals surface area contributed by atoms with Crippen molar-refractivity contribution in [2.45, 2.75) is 44.3 Å². The van der Waals surface area contributed by atoms with Gasteiger partial charge in [-0.15, -0.1) is 0 Å². The van der Waals surface area contributed by atoms with Crippen LogP contribution in [0, 0.1) is 0 Å². The fraction of sp³-hybridized carbons (Fsp3) is 0.909. The van der Waals surface area contributed by atoms with Crippen LogP contribution in [0.1, 0.15) is 39.0 Å². The number of hydrogen-bond acceptors (Lipinski definition) is 3. The molecule has 94 valence electrons. The molecule has 0 saturated carbocycles. The molecular formula is C11H21NO3S. The number of carbonyl (C=O) groups is 1. The molecule has 16 heavy (non-hydrogen) atoms. The van der Waals surface area contributed by atoms with Crippen molar-refractivity contribution in [3.8, 4) is 0 Å². The second kappa shape index (κ2) is 5.66. The Morgan fingerprint density at radius 3 is 2.31 bits per heavy atom. The van der Waals surface area contributed by atoms with Gasteiger partial charge in [0.15, 0.2) is 0 Å². The van der Waals surface area contributed by atoms with Crippen molar-refractivity contribution in [2.75, 3.05) is 19.3 Å². The maximum absolute atomic E-state index is 11.7. The summed E-state index contributed by atoms with van der Waals surface area (Å²) >= 11 is 0. The summed E-state index contributed by atoms with van der Waals surface area (Å²) in [4.78, 5) is 13.5. The first-order valence-electron chi connectivity index (χ1n) is 5.91. The Morgan fingerprint density at radius 2 is 1.88 bits per heavy atom. The van der Waals surface area contributed by atoms with E-state index < -0.39 is 9.84 Å². The third-order valence-electron chi connectivity index (χ3n) is 3.14. The summed E-state index contributed by atoms with van der Waals surface area (Å²) in [5.41, 5.74) is 0. The molecule has 0 radical (unpaired) electrons. The van der Waals surface area contributed by atoms with Gasteiger partial charge in [-0.2, -0.15) is 0 Å². The van der Waals surface area contributed by atoms with Crippen LogP contribution in [-0.2, 0) is 14.6 Å². The number of hydrogen-bond donors (Lipinski definition) is 0. The summed E-state index contributed by atoms with van der Waals surface area (Å²) in [5, 5.41) is -0.247. The van der Waals surface area contributed by atoms with Crippen molar-refractivity contribution in [3.05, 3.63) is 0 Å². The Kier molecular flexibility index (Phi) is 4.77. The van der Waals surface area contributed by atoms with Crippen molar-refractivity contribution in [1.82, 2.24) is 4.90 Å². The van der Waals surface area contributed by atoms with E-state index in [1.807, 2.05) is 0 Å². The predicted molar refractivity (Wildman–Crippen MR) is 64.0 cm³/mol. The van der Waals surface area contributed by atoms with Crippen molar-refractivity contribution < 1.29 is 13.2 Å². The van der Waals surface area contributed by atoms with Crippen LogP contribution < -0.4 is 0 Å². The van der Waals surface area contributed by atoms with Crippen LogP contribution in [0.5, 0.6) is 0 Å². The van der Waals surface area contributed by atoms with E-state index >= 15 is 0 Å². The summed E-state index contributed by atoms with van der Waals surface area (Å²) in [6, 6.07) is 0. The molecule has 1 amide bonds. The van der Waals surface area contributed by atoms with Crippen LogP contribution in [0.25, 0.3) is 0 Å². The molecule has 0 aliphatic carbocycles. The molecule has 1 fully saturated rings. The zero-order valence-corrected chi connectivity index (χ0v) is 10.9. The monoisotopic (exact) mass is 247 g/mol. The average molecular weight is 247 g/mol.